The number of hydrogen-bond acceptors (Lipinski definition) is 2. The van der Waals surface area contributed by atoms with Gasteiger partial charge in [-0.25, -0.2) is 0 Å². The highest BCUT2D eigenvalue weighted by atomic mass is 79.9. The van der Waals surface area contributed by atoms with Gasteiger partial charge in [-0.1, -0.05) is 26.8 Å². The lowest BCUT2D eigenvalue weighted by Crippen LogP contribution is -2.12. The van der Waals surface area contributed by atoms with Crippen LogP contribution in [0.3, 0.4) is 0 Å². The maximum atomic E-state index is 5.33. The Kier molecular flexibility index (Phi) is 6.25. The Hall–Kier alpha value is -0.250. The third-order valence-corrected chi connectivity index (χ3v) is 2.65. The zero-order valence-electron chi connectivity index (χ0n) is 9.57. The van der Waals surface area contributed by atoms with Crippen molar-refractivity contribution in [2.45, 2.75) is 26.2 Å². The fraction of sp³-hybridized carbons (Fsp3) is 0.455. The molecular formula is C11H18BrClN2. The molecular weight excluding hydrogens is 275 g/mol. The van der Waals surface area contributed by atoms with Crippen LogP contribution in [0, 0.1) is 0 Å². The molecule has 0 aromatic heterocycles. The Morgan fingerprint density at radius 1 is 1.27 bits per heavy atom. The zero-order valence-corrected chi connectivity index (χ0v) is 11.9. The normalized spacial score (nSPS) is 10.3. The van der Waals surface area contributed by atoms with Gasteiger partial charge in [-0.2, -0.15) is 0 Å². The van der Waals surface area contributed by atoms with Crippen LogP contribution in [-0.4, -0.2) is 6.38 Å². The summed E-state index contributed by atoms with van der Waals surface area (Å²) in [5.41, 5.74) is 5.00. The number of hydrogen-bond donors (Lipinski definition) is 2. The molecule has 0 radical (unpaired) electrons. The summed E-state index contributed by atoms with van der Waals surface area (Å²) in [6.45, 7) is 6.55. The molecule has 0 aliphatic carbocycles. The van der Waals surface area contributed by atoms with Gasteiger partial charge in [0.1, 0.15) is 0 Å². The van der Waals surface area contributed by atoms with E-state index in [-0.39, 0.29) is 5.41 Å². The molecule has 0 unspecified atom stereocenters. The third-order valence-electron chi connectivity index (χ3n) is 1.99. The number of benzene rings is 1. The molecule has 1 rings (SSSR count). The molecule has 0 aliphatic heterocycles. The van der Waals surface area contributed by atoms with Gasteiger partial charge < -0.3 is 5.43 Å². The fourth-order valence-electron chi connectivity index (χ4n) is 1.10. The van der Waals surface area contributed by atoms with Crippen LogP contribution in [-0.2, 0) is 5.41 Å². The molecule has 0 heterocycles. The molecule has 4 heteroatoms. The van der Waals surface area contributed by atoms with Crippen molar-refractivity contribution in [2.24, 2.45) is 5.84 Å². The first-order valence-electron chi connectivity index (χ1n) is 4.59. The molecule has 0 spiro atoms. The van der Waals surface area contributed by atoms with E-state index in [1.54, 1.807) is 0 Å². The van der Waals surface area contributed by atoms with E-state index in [2.05, 4.69) is 65.9 Å². The minimum Gasteiger partial charge on any atom is -0.323 e. The highest BCUT2D eigenvalue weighted by Crippen LogP contribution is 2.29. The van der Waals surface area contributed by atoms with Crippen molar-refractivity contribution in [3.05, 3.63) is 28.2 Å². The van der Waals surface area contributed by atoms with Crippen molar-refractivity contribution in [1.29, 1.82) is 0 Å². The predicted molar refractivity (Wildman–Crippen MR) is 72.4 cm³/mol. The van der Waals surface area contributed by atoms with Crippen LogP contribution in [0.15, 0.2) is 22.7 Å². The van der Waals surface area contributed by atoms with Gasteiger partial charge in [-0.15, -0.1) is 11.6 Å². The fourth-order valence-corrected chi connectivity index (χ4v) is 1.59. The van der Waals surface area contributed by atoms with E-state index in [1.165, 1.54) is 11.9 Å². The summed E-state index contributed by atoms with van der Waals surface area (Å²) in [6, 6.07) is 6.15. The van der Waals surface area contributed by atoms with Gasteiger partial charge in [0.05, 0.1) is 5.69 Å². The average Bonchev–Trinajstić information content (AvgIpc) is 2.19. The highest BCUT2D eigenvalue weighted by Gasteiger charge is 2.14. The quantitative estimate of drug-likeness (QED) is 0.468. The number of alkyl halides is 1. The minimum absolute atomic E-state index is 0.176. The van der Waals surface area contributed by atoms with Gasteiger partial charge in [0.2, 0.25) is 0 Å². The van der Waals surface area contributed by atoms with Crippen LogP contribution in [0.5, 0.6) is 0 Å². The summed E-state index contributed by atoms with van der Waals surface area (Å²) in [7, 11) is 0. The molecule has 0 saturated heterocycles. The van der Waals surface area contributed by atoms with E-state index in [1.807, 2.05) is 6.07 Å². The van der Waals surface area contributed by atoms with Crippen molar-refractivity contribution < 1.29 is 0 Å². The molecule has 0 bridgehead atoms. The third kappa shape index (κ3) is 4.41. The number of hydrazine groups is 1. The van der Waals surface area contributed by atoms with Gasteiger partial charge >= 0.3 is 0 Å². The second-order valence-corrected chi connectivity index (χ2v) is 4.94. The van der Waals surface area contributed by atoms with Crippen molar-refractivity contribution in [3.8, 4) is 0 Å². The van der Waals surface area contributed by atoms with Crippen molar-refractivity contribution in [1.82, 2.24) is 0 Å². The van der Waals surface area contributed by atoms with Crippen LogP contribution < -0.4 is 11.3 Å². The van der Waals surface area contributed by atoms with Gasteiger partial charge in [0.15, 0.2) is 0 Å². The molecule has 0 fully saturated rings. The van der Waals surface area contributed by atoms with E-state index in [0.29, 0.717) is 0 Å². The molecule has 0 atom stereocenters. The molecule has 0 aliphatic rings. The molecule has 86 valence electrons. The molecule has 15 heavy (non-hydrogen) atoms. The Morgan fingerprint density at radius 3 is 2.13 bits per heavy atom. The second kappa shape index (κ2) is 6.36. The van der Waals surface area contributed by atoms with Crippen LogP contribution in [0.25, 0.3) is 0 Å². The first-order chi connectivity index (χ1) is 6.95. The summed E-state index contributed by atoms with van der Waals surface area (Å²) in [5, 5.41) is 0. The lowest BCUT2D eigenvalue weighted by atomic mass is 9.87. The topological polar surface area (TPSA) is 38.0 Å². The van der Waals surface area contributed by atoms with Crippen molar-refractivity contribution in [3.63, 3.8) is 0 Å². The summed E-state index contributed by atoms with van der Waals surface area (Å²) in [6.07, 6.45) is 1.47. The minimum atomic E-state index is 0.176. The molecule has 1 aromatic carbocycles. The lowest BCUT2D eigenvalue weighted by Gasteiger charge is -2.19. The van der Waals surface area contributed by atoms with Crippen molar-refractivity contribution in [2.75, 3.05) is 11.8 Å². The Labute approximate surface area is 105 Å². The van der Waals surface area contributed by atoms with Crippen LogP contribution in [0.2, 0.25) is 0 Å². The smallest absolute Gasteiger partial charge is 0.0627 e. The average molecular weight is 294 g/mol. The SMILES string of the molecule is CC(C)(C)c1ccc(NN)c(Br)c1.CCl. The maximum absolute atomic E-state index is 5.33. The second-order valence-electron chi connectivity index (χ2n) is 4.09. The Balaban J connectivity index is 0.000000921. The lowest BCUT2D eigenvalue weighted by molar-refractivity contribution is 0.590. The van der Waals surface area contributed by atoms with Gasteiger partial charge in [-0.3, -0.25) is 5.84 Å². The molecule has 2 nitrogen and oxygen atoms in total. The highest BCUT2D eigenvalue weighted by molar-refractivity contribution is 9.10. The molecule has 0 saturated carbocycles. The van der Waals surface area contributed by atoms with Crippen LogP contribution >= 0.6 is 27.5 Å². The molecule has 0 amide bonds. The number of halogens is 2. The number of nitrogens with one attached hydrogen (secondary N) is 1. The number of nitrogens with two attached hydrogens (primary N) is 1. The summed E-state index contributed by atoms with van der Waals surface area (Å²) in [4.78, 5) is 0. The Morgan fingerprint density at radius 2 is 1.80 bits per heavy atom. The first-order valence-corrected chi connectivity index (χ1v) is 6.14. The molecule has 3 N–H and O–H groups in total. The van der Waals surface area contributed by atoms with Gasteiger partial charge in [-0.05, 0) is 39.0 Å². The van der Waals surface area contributed by atoms with Crippen molar-refractivity contribution >= 4 is 33.2 Å². The summed E-state index contributed by atoms with van der Waals surface area (Å²) >= 11 is 8.10. The summed E-state index contributed by atoms with van der Waals surface area (Å²) < 4.78 is 1.00. The predicted octanol–water partition coefficient (Wildman–Crippen LogP) is 3.89. The number of nitrogen functional groups attached to an aromatic ring is 1. The monoisotopic (exact) mass is 292 g/mol. The van der Waals surface area contributed by atoms with Gasteiger partial charge in [0.25, 0.3) is 0 Å². The summed E-state index contributed by atoms with van der Waals surface area (Å²) in [5.74, 6) is 5.33. The first kappa shape index (κ1) is 14.8. The maximum Gasteiger partial charge on any atom is 0.0627 e. The van der Waals surface area contributed by atoms with E-state index in [9.17, 15) is 0 Å². The number of rotatable bonds is 1. The van der Waals surface area contributed by atoms with Gasteiger partial charge in [0, 0.05) is 10.9 Å². The molecule has 1 aromatic rings. The van der Waals surface area contributed by atoms with E-state index in [0.717, 1.165) is 10.2 Å². The number of anilines is 1. The standard InChI is InChI=1S/C10H15BrN2.CH3Cl/c1-10(2,3)7-4-5-9(13-12)8(11)6-7;1-2/h4-6,13H,12H2,1-3H3;1H3. The van der Waals surface area contributed by atoms with Crippen LogP contribution in [0.4, 0.5) is 5.69 Å². The van der Waals surface area contributed by atoms with E-state index < -0.39 is 0 Å². The largest absolute Gasteiger partial charge is 0.323 e. The van der Waals surface area contributed by atoms with E-state index >= 15 is 0 Å². The van der Waals surface area contributed by atoms with Crippen LogP contribution in [0.1, 0.15) is 26.3 Å². The zero-order chi connectivity index (χ0) is 12.1. The van der Waals surface area contributed by atoms with E-state index in [4.69, 9.17) is 5.84 Å². The Bertz CT molecular complexity index is 308.